The van der Waals surface area contributed by atoms with Gasteiger partial charge in [0.05, 0.1) is 24.7 Å². The normalized spacial score (nSPS) is 10.9. The van der Waals surface area contributed by atoms with Crippen LogP contribution in [0.3, 0.4) is 0 Å². The maximum absolute atomic E-state index is 12.6. The van der Waals surface area contributed by atoms with E-state index in [0.29, 0.717) is 27.9 Å². The third kappa shape index (κ3) is 5.03. The number of amides is 1. The molecular weight excluding hydrogens is 428 g/mol. The Morgan fingerprint density at radius 2 is 1.50 bits per heavy atom. The SMILES string of the molecule is COc1ccc(NS(=O)(=O)c2ccc(NC(=O)c3cc(Cl)ccc3OC)cc2)cc1. The van der Waals surface area contributed by atoms with Crippen LogP contribution in [0, 0.1) is 0 Å². The first kappa shape index (κ1) is 21.5. The number of rotatable bonds is 7. The number of ether oxygens (including phenoxy) is 2. The number of nitrogens with one attached hydrogen (secondary N) is 2. The van der Waals surface area contributed by atoms with Crippen LogP contribution in [0.1, 0.15) is 10.4 Å². The van der Waals surface area contributed by atoms with E-state index in [4.69, 9.17) is 21.1 Å². The van der Waals surface area contributed by atoms with E-state index in [-0.39, 0.29) is 10.5 Å². The monoisotopic (exact) mass is 446 g/mol. The van der Waals surface area contributed by atoms with Crippen molar-refractivity contribution in [1.82, 2.24) is 0 Å². The fourth-order valence-electron chi connectivity index (χ4n) is 2.65. The standard InChI is InChI=1S/C21H19ClN2O5S/c1-28-17-8-4-16(5-9-17)24-30(26,27)18-10-6-15(7-11-18)23-21(25)19-13-14(22)3-12-20(19)29-2/h3-13,24H,1-2H3,(H,23,25). The number of sulfonamides is 1. The van der Waals surface area contributed by atoms with Crippen molar-refractivity contribution >= 4 is 38.9 Å². The quantitative estimate of drug-likeness (QED) is 0.560. The number of benzene rings is 3. The van der Waals surface area contributed by atoms with E-state index >= 15 is 0 Å². The van der Waals surface area contributed by atoms with Crippen molar-refractivity contribution in [3.63, 3.8) is 0 Å². The maximum Gasteiger partial charge on any atom is 0.261 e. The van der Waals surface area contributed by atoms with Gasteiger partial charge < -0.3 is 14.8 Å². The Balaban J connectivity index is 1.74. The van der Waals surface area contributed by atoms with E-state index in [0.717, 1.165) is 0 Å². The first-order valence-corrected chi connectivity index (χ1v) is 10.6. The summed E-state index contributed by atoms with van der Waals surface area (Å²) in [5.74, 6) is 0.565. The van der Waals surface area contributed by atoms with Crippen LogP contribution in [0.2, 0.25) is 5.02 Å². The number of hydrogen-bond acceptors (Lipinski definition) is 5. The average molecular weight is 447 g/mol. The van der Waals surface area contributed by atoms with Crippen LogP contribution >= 0.6 is 11.6 Å². The summed E-state index contributed by atoms with van der Waals surface area (Å²) in [5.41, 5.74) is 1.09. The van der Waals surface area contributed by atoms with Gasteiger partial charge in [-0.05, 0) is 66.7 Å². The smallest absolute Gasteiger partial charge is 0.261 e. The van der Waals surface area contributed by atoms with E-state index in [2.05, 4.69) is 10.0 Å². The van der Waals surface area contributed by atoms with Crippen LogP contribution < -0.4 is 19.5 Å². The van der Waals surface area contributed by atoms with E-state index in [1.807, 2.05) is 0 Å². The van der Waals surface area contributed by atoms with E-state index in [1.54, 1.807) is 36.4 Å². The van der Waals surface area contributed by atoms with Gasteiger partial charge in [-0.2, -0.15) is 0 Å². The number of carbonyl (C=O) groups is 1. The van der Waals surface area contributed by atoms with Gasteiger partial charge in [0.2, 0.25) is 0 Å². The first-order valence-electron chi connectivity index (χ1n) is 8.74. The fraction of sp³-hybridized carbons (Fsp3) is 0.0952. The molecule has 0 fully saturated rings. The molecule has 0 aliphatic carbocycles. The highest BCUT2D eigenvalue weighted by atomic mass is 35.5. The summed E-state index contributed by atoms with van der Waals surface area (Å²) in [7, 11) is -0.804. The summed E-state index contributed by atoms with van der Waals surface area (Å²) >= 11 is 5.96. The van der Waals surface area contributed by atoms with Gasteiger partial charge in [0, 0.05) is 16.4 Å². The molecule has 0 heterocycles. The molecule has 0 atom stereocenters. The van der Waals surface area contributed by atoms with Crippen molar-refractivity contribution in [3.05, 3.63) is 77.3 Å². The number of carbonyl (C=O) groups excluding carboxylic acids is 1. The second-order valence-electron chi connectivity index (χ2n) is 6.16. The van der Waals surface area contributed by atoms with Crippen LogP contribution in [-0.4, -0.2) is 28.5 Å². The van der Waals surface area contributed by atoms with Crippen LogP contribution in [0.15, 0.2) is 71.6 Å². The van der Waals surface area contributed by atoms with Gasteiger partial charge in [-0.25, -0.2) is 8.42 Å². The number of halogens is 1. The van der Waals surface area contributed by atoms with Crippen LogP contribution in [0.25, 0.3) is 0 Å². The Labute approximate surface area is 179 Å². The van der Waals surface area contributed by atoms with E-state index < -0.39 is 15.9 Å². The Bertz CT molecular complexity index is 1150. The molecule has 1 amide bonds. The maximum atomic E-state index is 12.6. The van der Waals surface area contributed by atoms with Crippen molar-refractivity contribution in [1.29, 1.82) is 0 Å². The summed E-state index contributed by atoms with van der Waals surface area (Å²) in [4.78, 5) is 12.6. The number of anilines is 2. The largest absolute Gasteiger partial charge is 0.497 e. The van der Waals surface area contributed by atoms with Crippen molar-refractivity contribution in [3.8, 4) is 11.5 Å². The number of hydrogen-bond donors (Lipinski definition) is 2. The second kappa shape index (κ2) is 9.06. The lowest BCUT2D eigenvalue weighted by Crippen LogP contribution is -2.14. The molecule has 30 heavy (non-hydrogen) atoms. The summed E-state index contributed by atoms with van der Waals surface area (Å²) in [5, 5.41) is 3.09. The molecule has 3 rings (SSSR count). The fourth-order valence-corrected chi connectivity index (χ4v) is 3.88. The minimum atomic E-state index is -3.79. The lowest BCUT2D eigenvalue weighted by Gasteiger charge is -2.11. The van der Waals surface area contributed by atoms with Crippen molar-refractivity contribution in [2.45, 2.75) is 4.90 Å². The summed E-state index contributed by atoms with van der Waals surface area (Å²) in [6, 6.07) is 17.0. The van der Waals surface area contributed by atoms with Crippen LogP contribution in [-0.2, 0) is 10.0 Å². The molecule has 0 bridgehead atoms. The minimum absolute atomic E-state index is 0.0525. The summed E-state index contributed by atoms with van der Waals surface area (Å²) < 4.78 is 37.9. The van der Waals surface area contributed by atoms with Crippen molar-refractivity contribution in [2.24, 2.45) is 0 Å². The van der Waals surface area contributed by atoms with Gasteiger partial charge in [0.1, 0.15) is 11.5 Å². The highest BCUT2D eigenvalue weighted by Crippen LogP contribution is 2.25. The van der Waals surface area contributed by atoms with Gasteiger partial charge in [0.15, 0.2) is 0 Å². The van der Waals surface area contributed by atoms with Gasteiger partial charge >= 0.3 is 0 Å². The predicted molar refractivity (Wildman–Crippen MR) is 116 cm³/mol. The molecule has 0 saturated heterocycles. The van der Waals surface area contributed by atoms with Crippen molar-refractivity contribution < 1.29 is 22.7 Å². The predicted octanol–water partition coefficient (Wildman–Crippen LogP) is 4.41. The molecule has 0 spiro atoms. The summed E-state index contributed by atoms with van der Waals surface area (Å²) in [6.07, 6.45) is 0. The van der Waals surface area contributed by atoms with Gasteiger partial charge in [0.25, 0.3) is 15.9 Å². The van der Waals surface area contributed by atoms with Crippen molar-refractivity contribution in [2.75, 3.05) is 24.3 Å². The van der Waals surface area contributed by atoms with E-state index in [9.17, 15) is 13.2 Å². The zero-order valence-electron chi connectivity index (χ0n) is 16.2. The summed E-state index contributed by atoms with van der Waals surface area (Å²) in [6.45, 7) is 0. The van der Waals surface area contributed by atoms with Gasteiger partial charge in [-0.15, -0.1) is 0 Å². The third-order valence-corrected chi connectivity index (χ3v) is 5.80. The third-order valence-electron chi connectivity index (χ3n) is 4.17. The molecule has 0 aromatic heterocycles. The molecule has 3 aromatic rings. The molecule has 9 heteroatoms. The molecule has 0 radical (unpaired) electrons. The Hall–Kier alpha value is -3.23. The Morgan fingerprint density at radius 3 is 2.10 bits per heavy atom. The van der Waals surface area contributed by atoms with Crippen LogP contribution in [0.5, 0.6) is 11.5 Å². The zero-order chi connectivity index (χ0) is 21.7. The molecule has 0 aliphatic heterocycles. The lowest BCUT2D eigenvalue weighted by atomic mass is 10.2. The van der Waals surface area contributed by atoms with Gasteiger partial charge in [-0.3, -0.25) is 9.52 Å². The average Bonchev–Trinajstić information content (AvgIpc) is 2.74. The highest BCUT2D eigenvalue weighted by Gasteiger charge is 2.16. The molecule has 156 valence electrons. The minimum Gasteiger partial charge on any atom is -0.497 e. The molecule has 0 aliphatic rings. The molecule has 0 unspecified atom stereocenters. The van der Waals surface area contributed by atoms with Crippen LogP contribution in [0.4, 0.5) is 11.4 Å². The molecule has 2 N–H and O–H groups in total. The molecule has 0 saturated carbocycles. The molecular formula is C21H19ClN2O5S. The molecule has 7 nitrogen and oxygen atoms in total. The Kier molecular flexibility index (Phi) is 6.49. The zero-order valence-corrected chi connectivity index (χ0v) is 17.8. The molecule has 3 aromatic carbocycles. The highest BCUT2D eigenvalue weighted by molar-refractivity contribution is 7.92. The second-order valence-corrected chi connectivity index (χ2v) is 8.28. The lowest BCUT2D eigenvalue weighted by molar-refractivity contribution is 0.102. The van der Waals surface area contributed by atoms with Gasteiger partial charge in [-0.1, -0.05) is 11.6 Å². The number of methoxy groups -OCH3 is 2. The topological polar surface area (TPSA) is 93.7 Å². The Morgan fingerprint density at radius 1 is 0.867 bits per heavy atom. The van der Waals surface area contributed by atoms with E-state index in [1.165, 1.54) is 44.6 Å². The first-order chi connectivity index (χ1) is 14.3.